The predicted octanol–water partition coefficient (Wildman–Crippen LogP) is 4.22. The van der Waals surface area contributed by atoms with E-state index < -0.39 is 17.7 Å². The van der Waals surface area contributed by atoms with Crippen LogP contribution in [0.3, 0.4) is 0 Å². The smallest absolute Gasteiger partial charge is 0.300 e. The highest BCUT2D eigenvalue weighted by atomic mass is 16.5. The Bertz CT molecular complexity index is 1450. The van der Waals surface area contributed by atoms with Crippen molar-refractivity contribution in [3.05, 3.63) is 88.5 Å². The van der Waals surface area contributed by atoms with E-state index in [-0.39, 0.29) is 22.8 Å². The first-order valence-corrected chi connectivity index (χ1v) is 11.5. The zero-order valence-electron chi connectivity index (χ0n) is 19.4. The van der Waals surface area contributed by atoms with Crippen LogP contribution in [-0.4, -0.2) is 35.1 Å². The largest absolute Gasteiger partial charge is 0.507 e. The normalized spacial score (nSPS) is 18.0. The molecule has 36 heavy (non-hydrogen) atoms. The van der Waals surface area contributed by atoms with Gasteiger partial charge in [-0.2, -0.15) is 5.26 Å². The molecule has 2 aliphatic rings. The molecule has 8 heteroatoms. The molecule has 0 spiro atoms. The van der Waals surface area contributed by atoms with Crippen LogP contribution in [0.2, 0.25) is 0 Å². The van der Waals surface area contributed by atoms with Gasteiger partial charge in [-0.15, -0.1) is 0 Å². The second-order valence-electron chi connectivity index (χ2n) is 8.41. The minimum absolute atomic E-state index is 0.0867. The standard InChI is InChI=1S/C28H22N2O6/c1-2-35-23-14-18(5-9-21(23)31)25-24(26(32)19-6-10-22-17(13-19)11-12-36-22)27(33)28(34)30(25)20-7-3-16(15-29)4-8-20/h3-10,13-14,25,31-32H,2,11-12H2,1H3/b26-24+. The maximum absolute atomic E-state index is 13.4. The lowest BCUT2D eigenvalue weighted by Crippen LogP contribution is -2.29. The summed E-state index contributed by atoms with van der Waals surface area (Å²) in [5, 5.41) is 30.7. The monoisotopic (exact) mass is 482 g/mol. The van der Waals surface area contributed by atoms with Gasteiger partial charge >= 0.3 is 0 Å². The number of rotatable bonds is 5. The first-order chi connectivity index (χ1) is 17.4. The molecular formula is C28H22N2O6. The van der Waals surface area contributed by atoms with Gasteiger partial charge in [-0.1, -0.05) is 6.07 Å². The average Bonchev–Trinajstić information content (AvgIpc) is 3.47. The molecule has 0 aliphatic carbocycles. The number of benzene rings is 3. The third-order valence-corrected chi connectivity index (χ3v) is 6.28. The van der Waals surface area contributed by atoms with E-state index >= 15 is 0 Å². The van der Waals surface area contributed by atoms with Crippen molar-refractivity contribution in [2.24, 2.45) is 0 Å². The summed E-state index contributed by atoms with van der Waals surface area (Å²) in [5.74, 6) is -1.15. The Morgan fingerprint density at radius 1 is 1.14 bits per heavy atom. The van der Waals surface area contributed by atoms with Crippen LogP contribution < -0.4 is 14.4 Å². The third kappa shape index (κ3) is 3.81. The molecule has 180 valence electrons. The summed E-state index contributed by atoms with van der Waals surface area (Å²) in [6.45, 7) is 2.60. The highest BCUT2D eigenvalue weighted by Crippen LogP contribution is 2.44. The van der Waals surface area contributed by atoms with E-state index in [1.54, 1.807) is 61.5 Å². The summed E-state index contributed by atoms with van der Waals surface area (Å²) < 4.78 is 11.1. The number of ketones is 1. The van der Waals surface area contributed by atoms with Gasteiger partial charge in [0.2, 0.25) is 0 Å². The Morgan fingerprint density at radius 2 is 1.92 bits per heavy atom. The van der Waals surface area contributed by atoms with Crippen LogP contribution in [0, 0.1) is 11.3 Å². The Balaban J connectivity index is 1.71. The van der Waals surface area contributed by atoms with Crippen LogP contribution in [0.4, 0.5) is 5.69 Å². The molecule has 1 saturated heterocycles. The highest BCUT2D eigenvalue weighted by Gasteiger charge is 2.47. The van der Waals surface area contributed by atoms with Crippen LogP contribution in [-0.2, 0) is 16.0 Å². The van der Waals surface area contributed by atoms with Gasteiger partial charge in [-0.3, -0.25) is 14.5 Å². The van der Waals surface area contributed by atoms with E-state index in [1.807, 2.05) is 6.07 Å². The number of hydrogen-bond acceptors (Lipinski definition) is 7. The van der Waals surface area contributed by atoms with E-state index in [9.17, 15) is 19.8 Å². The summed E-state index contributed by atoms with van der Waals surface area (Å²) >= 11 is 0. The summed E-state index contributed by atoms with van der Waals surface area (Å²) in [6, 6.07) is 17.0. The number of aliphatic hydroxyl groups excluding tert-OH is 1. The number of phenolic OH excluding ortho intramolecular Hbond substituents is 1. The van der Waals surface area contributed by atoms with E-state index in [0.717, 1.165) is 11.3 Å². The maximum Gasteiger partial charge on any atom is 0.300 e. The van der Waals surface area contributed by atoms with Crippen molar-refractivity contribution in [3.8, 4) is 23.3 Å². The van der Waals surface area contributed by atoms with Crippen molar-refractivity contribution in [2.45, 2.75) is 19.4 Å². The number of aliphatic hydroxyl groups is 1. The van der Waals surface area contributed by atoms with Crippen molar-refractivity contribution < 1.29 is 29.3 Å². The molecule has 2 heterocycles. The SMILES string of the molecule is CCOc1cc(C2/C(=C(\O)c3ccc4c(c3)CCO4)C(=O)C(=O)N2c2ccc(C#N)cc2)ccc1O. The first-order valence-electron chi connectivity index (χ1n) is 11.5. The fraction of sp³-hybridized carbons (Fsp3) is 0.179. The zero-order chi connectivity index (χ0) is 25.4. The van der Waals surface area contributed by atoms with Gasteiger partial charge in [-0.05, 0) is 72.6 Å². The molecule has 8 nitrogen and oxygen atoms in total. The van der Waals surface area contributed by atoms with Crippen molar-refractivity contribution in [1.29, 1.82) is 5.26 Å². The molecule has 0 saturated carbocycles. The van der Waals surface area contributed by atoms with Gasteiger partial charge in [0.05, 0.1) is 36.5 Å². The van der Waals surface area contributed by atoms with Crippen molar-refractivity contribution in [2.75, 3.05) is 18.1 Å². The lowest BCUT2D eigenvalue weighted by atomic mass is 9.94. The number of amides is 1. The predicted molar refractivity (Wildman–Crippen MR) is 131 cm³/mol. The Hall–Kier alpha value is -4.77. The minimum Gasteiger partial charge on any atom is -0.507 e. The van der Waals surface area contributed by atoms with E-state index in [2.05, 4.69) is 0 Å². The first kappa shape index (κ1) is 23.0. The fourth-order valence-electron chi connectivity index (χ4n) is 4.57. The second kappa shape index (κ2) is 9.12. The van der Waals surface area contributed by atoms with E-state index in [0.29, 0.717) is 42.0 Å². The molecule has 3 aromatic carbocycles. The molecule has 2 N–H and O–H groups in total. The molecule has 0 radical (unpaired) electrons. The molecule has 0 bridgehead atoms. The topological polar surface area (TPSA) is 120 Å². The molecule has 1 atom stereocenters. The number of carbonyl (C=O) groups excluding carboxylic acids is 2. The summed E-state index contributed by atoms with van der Waals surface area (Å²) in [6.07, 6.45) is 0.676. The number of phenols is 1. The summed E-state index contributed by atoms with van der Waals surface area (Å²) in [4.78, 5) is 28.0. The van der Waals surface area contributed by atoms with Crippen molar-refractivity contribution in [3.63, 3.8) is 0 Å². The molecule has 5 rings (SSSR count). The van der Waals surface area contributed by atoms with Crippen LogP contribution in [0.5, 0.6) is 17.2 Å². The molecule has 2 aliphatic heterocycles. The molecule has 1 unspecified atom stereocenters. The number of nitriles is 1. The summed E-state index contributed by atoms with van der Waals surface area (Å²) in [5.41, 5.74) is 2.46. The van der Waals surface area contributed by atoms with Crippen LogP contribution in [0.1, 0.15) is 35.2 Å². The molecule has 0 aromatic heterocycles. The maximum atomic E-state index is 13.4. The minimum atomic E-state index is -0.998. The van der Waals surface area contributed by atoms with Gasteiger partial charge in [0.1, 0.15) is 11.5 Å². The van der Waals surface area contributed by atoms with Gasteiger partial charge in [0, 0.05) is 17.7 Å². The van der Waals surface area contributed by atoms with E-state index in [4.69, 9.17) is 14.7 Å². The van der Waals surface area contributed by atoms with E-state index in [1.165, 1.54) is 11.0 Å². The number of hydrogen-bond donors (Lipinski definition) is 2. The van der Waals surface area contributed by atoms with Crippen LogP contribution in [0.25, 0.3) is 5.76 Å². The Labute approximate surface area is 207 Å². The Kier molecular flexibility index (Phi) is 5.82. The fourth-order valence-corrected chi connectivity index (χ4v) is 4.57. The second-order valence-corrected chi connectivity index (χ2v) is 8.41. The molecule has 1 fully saturated rings. The van der Waals surface area contributed by atoms with Crippen LogP contribution in [0.15, 0.2) is 66.2 Å². The highest BCUT2D eigenvalue weighted by molar-refractivity contribution is 6.51. The Morgan fingerprint density at radius 3 is 2.64 bits per heavy atom. The average molecular weight is 482 g/mol. The number of nitrogens with zero attached hydrogens (tertiary/aromatic N) is 2. The van der Waals surface area contributed by atoms with Crippen molar-refractivity contribution >= 4 is 23.1 Å². The zero-order valence-corrected chi connectivity index (χ0v) is 19.4. The molecule has 1 amide bonds. The lowest BCUT2D eigenvalue weighted by Gasteiger charge is -2.26. The van der Waals surface area contributed by atoms with Gasteiger partial charge in [-0.25, -0.2) is 0 Å². The number of aromatic hydroxyl groups is 1. The quantitative estimate of drug-likeness (QED) is 0.317. The van der Waals surface area contributed by atoms with Gasteiger partial charge in [0.15, 0.2) is 11.5 Å². The van der Waals surface area contributed by atoms with Crippen molar-refractivity contribution in [1.82, 2.24) is 0 Å². The van der Waals surface area contributed by atoms with Crippen LogP contribution >= 0.6 is 0 Å². The number of fused-ring (bicyclic) bond motifs is 1. The number of carbonyl (C=O) groups is 2. The lowest BCUT2D eigenvalue weighted by molar-refractivity contribution is -0.132. The number of anilines is 1. The third-order valence-electron chi connectivity index (χ3n) is 6.28. The van der Waals surface area contributed by atoms with Gasteiger partial charge < -0.3 is 19.7 Å². The molecular weight excluding hydrogens is 460 g/mol. The number of ether oxygens (including phenoxy) is 2. The van der Waals surface area contributed by atoms with Gasteiger partial charge in [0.25, 0.3) is 11.7 Å². The number of Topliss-reactive ketones (excluding diaryl/α,β-unsaturated/α-hetero) is 1. The summed E-state index contributed by atoms with van der Waals surface area (Å²) in [7, 11) is 0. The molecule has 3 aromatic rings.